The quantitative estimate of drug-likeness (QED) is 0.771. The number of hydrogen-bond donors (Lipinski definition) is 1. The lowest BCUT2D eigenvalue weighted by molar-refractivity contribution is 0.373. The summed E-state index contributed by atoms with van der Waals surface area (Å²) in [6.45, 7) is 0.993. The van der Waals surface area contributed by atoms with Crippen molar-refractivity contribution in [3.8, 4) is 0 Å². The van der Waals surface area contributed by atoms with Crippen LogP contribution < -0.4 is 5.32 Å². The molecule has 1 fully saturated rings. The van der Waals surface area contributed by atoms with Crippen LogP contribution in [0.1, 0.15) is 32.1 Å². The van der Waals surface area contributed by atoms with Gasteiger partial charge in [-0.15, -0.1) is 0 Å². The van der Waals surface area contributed by atoms with Crippen LogP contribution in [0.3, 0.4) is 0 Å². The van der Waals surface area contributed by atoms with E-state index in [-0.39, 0.29) is 0 Å². The lowest BCUT2D eigenvalue weighted by atomic mass is 9.89. The van der Waals surface area contributed by atoms with Crippen LogP contribution in [0.4, 0.5) is 10.1 Å². The molecule has 1 aliphatic rings. The van der Waals surface area contributed by atoms with Crippen LogP contribution in [0.15, 0.2) is 18.3 Å². The highest BCUT2D eigenvalue weighted by molar-refractivity contribution is 5.39. The molecule has 2 rings (SSSR count). The zero-order valence-corrected chi connectivity index (χ0v) is 8.88. The first kappa shape index (κ1) is 10.4. The van der Waals surface area contributed by atoms with Gasteiger partial charge in [0.1, 0.15) is 0 Å². The smallest absolute Gasteiger partial charge is 0.212 e. The molecule has 0 atom stereocenters. The van der Waals surface area contributed by atoms with E-state index in [4.69, 9.17) is 0 Å². The maximum absolute atomic E-state index is 12.5. The third-order valence-corrected chi connectivity index (χ3v) is 3.05. The van der Waals surface area contributed by atoms with Crippen molar-refractivity contribution in [2.24, 2.45) is 5.92 Å². The van der Waals surface area contributed by atoms with E-state index in [1.807, 2.05) is 0 Å². The topological polar surface area (TPSA) is 24.9 Å². The van der Waals surface area contributed by atoms with Crippen molar-refractivity contribution in [3.63, 3.8) is 0 Å². The first-order valence-electron chi connectivity index (χ1n) is 5.70. The molecule has 0 spiro atoms. The molecule has 1 heterocycles. The minimum atomic E-state index is -0.418. The highest BCUT2D eigenvalue weighted by Gasteiger charge is 2.12. The van der Waals surface area contributed by atoms with Gasteiger partial charge >= 0.3 is 0 Å². The maximum Gasteiger partial charge on any atom is 0.212 e. The molecule has 1 aromatic heterocycles. The molecule has 15 heavy (non-hydrogen) atoms. The molecule has 1 aromatic rings. The highest BCUT2D eigenvalue weighted by Crippen LogP contribution is 2.23. The number of nitrogens with zero attached hydrogens (tertiary/aromatic N) is 1. The van der Waals surface area contributed by atoms with Crippen molar-refractivity contribution in [1.82, 2.24) is 4.98 Å². The Labute approximate surface area is 89.9 Å². The average Bonchev–Trinajstić information content (AvgIpc) is 2.30. The number of rotatable bonds is 3. The summed E-state index contributed by atoms with van der Waals surface area (Å²) in [6.07, 6.45) is 8.29. The Morgan fingerprint density at radius 2 is 2.07 bits per heavy atom. The van der Waals surface area contributed by atoms with E-state index in [0.29, 0.717) is 0 Å². The monoisotopic (exact) mass is 208 g/mol. The standard InChI is InChI=1S/C12H17FN2/c13-12-7-6-11(9-15-12)14-8-10-4-2-1-3-5-10/h6-7,9-10,14H,1-5,8H2. The van der Waals surface area contributed by atoms with Gasteiger partial charge in [0.2, 0.25) is 5.95 Å². The third kappa shape index (κ3) is 3.18. The van der Waals surface area contributed by atoms with Crippen LogP contribution in [0.5, 0.6) is 0 Å². The van der Waals surface area contributed by atoms with Crippen molar-refractivity contribution >= 4 is 5.69 Å². The van der Waals surface area contributed by atoms with Crippen LogP contribution in [-0.4, -0.2) is 11.5 Å². The van der Waals surface area contributed by atoms with Crippen LogP contribution in [0, 0.1) is 11.9 Å². The summed E-state index contributed by atoms with van der Waals surface area (Å²) in [5.41, 5.74) is 0.918. The van der Waals surface area contributed by atoms with Gasteiger partial charge in [-0.1, -0.05) is 19.3 Å². The molecule has 0 aromatic carbocycles. The van der Waals surface area contributed by atoms with Gasteiger partial charge in [-0.05, 0) is 30.9 Å². The minimum absolute atomic E-state index is 0.418. The Morgan fingerprint density at radius 1 is 1.27 bits per heavy atom. The zero-order chi connectivity index (χ0) is 10.5. The predicted octanol–water partition coefficient (Wildman–Crippen LogP) is 3.21. The summed E-state index contributed by atoms with van der Waals surface area (Å²) in [4.78, 5) is 3.61. The van der Waals surface area contributed by atoms with Crippen molar-refractivity contribution in [3.05, 3.63) is 24.3 Å². The molecule has 2 nitrogen and oxygen atoms in total. The molecule has 1 N–H and O–H groups in total. The van der Waals surface area contributed by atoms with Crippen LogP contribution in [0.25, 0.3) is 0 Å². The van der Waals surface area contributed by atoms with Gasteiger partial charge in [-0.25, -0.2) is 4.98 Å². The largest absolute Gasteiger partial charge is 0.384 e. The SMILES string of the molecule is Fc1ccc(NCC2CCCCC2)cn1. The van der Waals surface area contributed by atoms with Gasteiger partial charge in [0.05, 0.1) is 11.9 Å². The molecule has 0 unspecified atom stereocenters. The summed E-state index contributed by atoms with van der Waals surface area (Å²) in [6, 6.07) is 3.13. The fourth-order valence-corrected chi connectivity index (χ4v) is 2.13. The first-order valence-corrected chi connectivity index (χ1v) is 5.70. The molecule has 0 radical (unpaired) electrons. The molecule has 1 saturated carbocycles. The number of halogens is 1. The predicted molar refractivity (Wildman–Crippen MR) is 59.3 cm³/mol. The summed E-state index contributed by atoms with van der Waals surface area (Å²) < 4.78 is 12.5. The van der Waals surface area contributed by atoms with Crippen molar-refractivity contribution in [2.45, 2.75) is 32.1 Å². The van der Waals surface area contributed by atoms with E-state index in [2.05, 4.69) is 10.3 Å². The molecule has 0 amide bonds. The van der Waals surface area contributed by atoms with Gasteiger partial charge < -0.3 is 5.32 Å². The molecule has 0 aliphatic heterocycles. The molecule has 82 valence electrons. The van der Waals surface area contributed by atoms with Crippen molar-refractivity contribution < 1.29 is 4.39 Å². The number of anilines is 1. The Morgan fingerprint density at radius 3 is 2.73 bits per heavy atom. The fraction of sp³-hybridized carbons (Fsp3) is 0.583. The molecule has 1 aliphatic carbocycles. The Balaban J connectivity index is 1.79. The fourth-order valence-electron chi connectivity index (χ4n) is 2.13. The summed E-state index contributed by atoms with van der Waals surface area (Å²) in [5, 5.41) is 3.31. The van der Waals surface area contributed by atoms with E-state index >= 15 is 0 Å². The van der Waals surface area contributed by atoms with E-state index < -0.39 is 5.95 Å². The summed E-state index contributed by atoms with van der Waals surface area (Å²) in [7, 11) is 0. The molecule has 3 heteroatoms. The summed E-state index contributed by atoms with van der Waals surface area (Å²) >= 11 is 0. The van der Waals surface area contributed by atoms with Gasteiger partial charge in [0, 0.05) is 6.54 Å². The summed E-state index contributed by atoms with van der Waals surface area (Å²) in [5.74, 6) is 0.363. The average molecular weight is 208 g/mol. The van der Waals surface area contributed by atoms with Crippen LogP contribution >= 0.6 is 0 Å². The van der Waals surface area contributed by atoms with E-state index in [1.165, 1.54) is 38.2 Å². The van der Waals surface area contributed by atoms with Gasteiger partial charge in [-0.2, -0.15) is 4.39 Å². The van der Waals surface area contributed by atoms with Gasteiger partial charge in [0.25, 0.3) is 0 Å². The highest BCUT2D eigenvalue weighted by atomic mass is 19.1. The van der Waals surface area contributed by atoms with Gasteiger partial charge in [-0.3, -0.25) is 0 Å². The van der Waals surface area contributed by atoms with E-state index in [9.17, 15) is 4.39 Å². The van der Waals surface area contributed by atoms with Crippen LogP contribution in [-0.2, 0) is 0 Å². The van der Waals surface area contributed by atoms with E-state index in [1.54, 1.807) is 12.3 Å². The Bertz CT molecular complexity index is 291. The van der Waals surface area contributed by atoms with Crippen molar-refractivity contribution in [2.75, 3.05) is 11.9 Å². The number of nitrogens with one attached hydrogen (secondary N) is 1. The molecular formula is C12H17FN2. The molecule has 0 bridgehead atoms. The minimum Gasteiger partial charge on any atom is -0.384 e. The second-order valence-electron chi connectivity index (χ2n) is 4.25. The second kappa shape index (κ2) is 5.10. The maximum atomic E-state index is 12.5. The number of pyridine rings is 1. The molecule has 0 saturated heterocycles. The molecular weight excluding hydrogens is 191 g/mol. The lowest BCUT2D eigenvalue weighted by Gasteiger charge is -2.22. The number of aromatic nitrogens is 1. The first-order chi connectivity index (χ1) is 7.34. The van der Waals surface area contributed by atoms with E-state index in [0.717, 1.165) is 18.2 Å². The van der Waals surface area contributed by atoms with Crippen LogP contribution in [0.2, 0.25) is 0 Å². The lowest BCUT2D eigenvalue weighted by Crippen LogP contribution is -2.17. The second-order valence-corrected chi connectivity index (χ2v) is 4.25. The normalized spacial score (nSPS) is 17.7. The third-order valence-electron chi connectivity index (χ3n) is 3.05. The number of hydrogen-bond acceptors (Lipinski definition) is 2. The Hall–Kier alpha value is -1.12. The Kier molecular flexibility index (Phi) is 3.54. The zero-order valence-electron chi connectivity index (χ0n) is 8.88. The van der Waals surface area contributed by atoms with Gasteiger partial charge in [0.15, 0.2) is 0 Å². The van der Waals surface area contributed by atoms with Crippen molar-refractivity contribution in [1.29, 1.82) is 0 Å².